The fraction of sp³-hybridized carbons (Fsp3) is 0.611. The molecule has 0 radical (unpaired) electrons. The standard InChI is InChI=1S/C18H26F3N3O/c1-24(15-8-3-2-4-9-15)12-14-7-5-6-10-16(14)22-11-17(25)23-13-18(19,20)21/h5-7,10,15,22H,2-4,8-9,11-13H2,1H3,(H,23,25). The minimum absolute atomic E-state index is 0.180. The van der Waals surface area contributed by atoms with Crippen molar-refractivity contribution < 1.29 is 18.0 Å². The zero-order valence-corrected chi connectivity index (χ0v) is 14.5. The molecule has 0 heterocycles. The SMILES string of the molecule is CN(Cc1ccccc1NCC(=O)NCC(F)(F)F)C1CCCCC1. The summed E-state index contributed by atoms with van der Waals surface area (Å²) in [5.74, 6) is -0.673. The van der Waals surface area contributed by atoms with Crippen molar-refractivity contribution in [1.29, 1.82) is 0 Å². The molecule has 1 aromatic carbocycles. The molecule has 0 aromatic heterocycles. The lowest BCUT2D eigenvalue weighted by atomic mass is 9.94. The normalized spacial score (nSPS) is 16.0. The van der Waals surface area contributed by atoms with Crippen LogP contribution in [0.2, 0.25) is 0 Å². The summed E-state index contributed by atoms with van der Waals surface area (Å²) in [6, 6.07) is 8.17. The number of hydrogen-bond acceptors (Lipinski definition) is 3. The number of carbonyl (C=O) groups excluding carboxylic acids is 1. The largest absolute Gasteiger partial charge is 0.405 e. The predicted octanol–water partition coefficient (Wildman–Crippen LogP) is 3.54. The number of hydrogen-bond donors (Lipinski definition) is 2. The second-order valence-corrected chi connectivity index (χ2v) is 6.61. The van der Waals surface area contributed by atoms with Gasteiger partial charge in [0.2, 0.25) is 5.91 Å². The van der Waals surface area contributed by atoms with Crippen molar-refractivity contribution in [3.8, 4) is 0 Å². The quantitative estimate of drug-likeness (QED) is 0.785. The van der Waals surface area contributed by atoms with Crippen LogP contribution >= 0.6 is 0 Å². The Bertz CT molecular complexity index is 557. The van der Waals surface area contributed by atoms with Gasteiger partial charge >= 0.3 is 6.18 Å². The minimum atomic E-state index is -4.39. The number of halogens is 3. The molecule has 1 saturated carbocycles. The highest BCUT2D eigenvalue weighted by atomic mass is 19.4. The van der Waals surface area contributed by atoms with E-state index >= 15 is 0 Å². The monoisotopic (exact) mass is 357 g/mol. The van der Waals surface area contributed by atoms with Crippen LogP contribution in [0, 0.1) is 0 Å². The van der Waals surface area contributed by atoms with E-state index in [9.17, 15) is 18.0 Å². The lowest BCUT2D eigenvalue weighted by molar-refractivity contribution is -0.137. The molecule has 2 rings (SSSR count). The molecule has 1 aromatic rings. The molecule has 1 aliphatic rings. The van der Waals surface area contributed by atoms with Crippen LogP contribution < -0.4 is 10.6 Å². The molecular weight excluding hydrogens is 331 g/mol. The molecule has 0 unspecified atom stereocenters. The molecule has 1 amide bonds. The third-order valence-corrected chi connectivity index (χ3v) is 4.56. The molecule has 0 atom stereocenters. The fourth-order valence-corrected chi connectivity index (χ4v) is 3.19. The summed E-state index contributed by atoms with van der Waals surface area (Å²) in [6.07, 6.45) is 1.83. The van der Waals surface area contributed by atoms with Gasteiger partial charge in [-0.3, -0.25) is 9.69 Å². The first-order valence-electron chi connectivity index (χ1n) is 8.70. The lowest BCUT2D eigenvalue weighted by Crippen LogP contribution is -2.37. The van der Waals surface area contributed by atoms with Crippen molar-refractivity contribution >= 4 is 11.6 Å². The molecule has 0 saturated heterocycles. The second kappa shape index (κ2) is 9.08. The molecule has 7 heteroatoms. The van der Waals surface area contributed by atoms with Crippen molar-refractivity contribution in [2.24, 2.45) is 0 Å². The maximum absolute atomic E-state index is 12.1. The smallest absolute Gasteiger partial charge is 0.376 e. The number of rotatable bonds is 7. The predicted molar refractivity (Wildman–Crippen MR) is 92.3 cm³/mol. The number of anilines is 1. The van der Waals surface area contributed by atoms with E-state index in [1.54, 1.807) is 0 Å². The summed E-state index contributed by atoms with van der Waals surface area (Å²) in [7, 11) is 2.10. The van der Waals surface area contributed by atoms with E-state index in [0.29, 0.717) is 6.04 Å². The Morgan fingerprint density at radius 1 is 1.20 bits per heavy atom. The van der Waals surface area contributed by atoms with E-state index in [1.165, 1.54) is 32.1 Å². The zero-order valence-electron chi connectivity index (χ0n) is 14.5. The number of benzene rings is 1. The summed E-state index contributed by atoms with van der Waals surface area (Å²) in [5.41, 5.74) is 1.83. The van der Waals surface area contributed by atoms with Crippen LogP contribution in [0.5, 0.6) is 0 Å². The van der Waals surface area contributed by atoms with Crippen LogP contribution in [0.4, 0.5) is 18.9 Å². The summed E-state index contributed by atoms with van der Waals surface area (Å²) in [5, 5.41) is 4.82. The molecule has 0 spiro atoms. The molecule has 4 nitrogen and oxygen atoms in total. The van der Waals surface area contributed by atoms with E-state index in [1.807, 2.05) is 29.6 Å². The van der Waals surface area contributed by atoms with Gasteiger partial charge in [0, 0.05) is 18.3 Å². The van der Waals surface area contributed by atoms with Gasteiger partial charge in [0.25, 0.3) is 0 Å². The van der Waals surface area contributed by atoms with Crippen LogP contribution in [0.1, 0.15) is 37.7 Å². The van der Waals surface area contributed by atoms with E-state index in [-0.39, 0.29) is 6.54 Å². The van der Waals surface area contributed by atoms with Crippen molar-refractivity contribution in [3.63, 3.8) is 0 Å². The first kappa shape index (κ1) is 19.6. The highest BCUT2D eigenvalue weighted by molar-refractivity contribution is 5.81. The van der Waals surface area contributed by atoms with Gasteiger partial charge < -0.3 is 10.6 Å². The Morgan fingerprint density at radius 2 is 1.88 bits per heavy atom. The maximum atomic E-state index is 12.1. The average molecular weight is 357 g/mol. The third-order valence-electron chi connectivity index (χ3n) is 4.56. The third kappa shape index (κ3) is 6.94. The van der Waals surface area contributed by atoms with Crippen molar-refractivity contribution in [2.45, 2.75) is 50.9 Å². The second-order valence-electron chi connectivity index (χ2n) is 6.61. The van der Waals surface area contributed by atoms with Crippen LogP contribution in [0.3, 0.4) is 0 Å². The molecule has 0 bridgehead atoms. The van der Waals surface area contributed by atoms with Gasteiger partial charge in [0.1, 0.15) is 6.54 Å². The van der Waals surface area contributed by atoms with Crippen LogP contribution in [-0.4, -0.2) is 43.2 Å². The Morgan fingerprint density at radius 3 is 2.56 bits per heavy atom. The number of alkyl halides is 3. The van der Waals surface area contributed by atoms with E-state index in [4.69, 9.17) is 0 Å². The van der Waals surface area contributed by atoms with Crippen LogP contribution in [0.15, 0.2) is 24.3 Å². The van der Waals surface area contributed by atoms with E-state index in [0.717, 1.165) is 17.8 Å². The zero-order chi connectivity index (χ0) is 18.3. The van der Waals surface area contributed by atoms with Gasteiger partial charge in [-0.05, 0) is 31.5 Å². The molecular formula is C18H26F3N3O. The molecule has 2 N–H and O–H groups in total. The molecule has 1 fully saturated rings. The Balaban J connectivity index is 1.88. The Kier molecular flexibility index (Phi) is 7.11. The fourth-order valence-electron chi connectivity index (χ4n) is 3.19. The van der Waals surface area contributed by atoms with Crippen LogP contribution in [0.25, 0.3) is 0 Å². The Hall–Kier alpha value is -1.76. The van der Waals surface area contributed by atoms with Gasteiger partial charge in [-0.25, -0.2) is 0 Å². The highest BCUT2D eigenvalue weighted by Crippen LogP contribution is 2.24. The summed E-state index contributed by atoms with van der Waals surface area (Å²) >= 11 is 0. The number of nitrogens with zero attached hydrogens (tertiary/aromatic N) is 1. The van der Waals surface area contributed by atoms with E-state index in [2.05, 4.69) is 17.3 Å². The van der Waals surface area contributed by atoms with Crippen molar-refractivity contribution in [3.05, 3.63) is 29.8 Å². The van der Waals surface area contributed by atoms with Gasteiger partial charge in [-0.1, -0.05) is 37.5 Å². The molecule has 25 heavy (non-hydrogen) atoms. The number of amides is 1. The molecule has 0 aliphatic heterocycles. The van der Waals surface area contributed by atoms with Gasteiger partial charge in [-0.15, -0.1) is 0 Å². The number of nitrogens with one attached hydrogen (secondary N) is 2. The molecule has 140 valence electrons. The topological polar surface area (TPSA) is 44.4 Å². The highest BCUT2D eigenvalue weighted by Gasteiger charge is 2.27. The number of para-hydroxylation sites is 1. The van der Waals surface area contributed by atoms with Gasteiger partial charge in [0.15, 0.2) is 0 Å². The maximum Gasteiger partial charge on any atom is 0.405 e. The first-order chi connectivity index (χ1) is 11.8. The molecule has 1 aliphatic carbocycles. The Labute approximate surface area is 146 Å². The van der Waals surface area contributed by atoms with Crippen molar-refractivity contribution in [2.75, 3.05) is 25.5 Å². The summed E-state index contributed by atoms with van der Waals surface area (Å²) < 4.78 is 36.4. The lowest BCUT2D eigenvalue weighted by Gasteiger charge is -2.31. The number of carbonyl (C=O) groups is 1. The minimum Gasteiger partial charge on any atom is -0.376 e. The van der Waals surface area contributed by atoms with Gasteiger partial charge in [0.05, 0.1) is 6.54 Å². The van der Waals surface area contributed by atoms with Crippen LogP contribution in [-0.2, 0) is 11.3 Å². The summed E-state index contributed by atoms with van der Waals surface area (Å²) in [6.45, 7) is -0.738. The summed E-state index contributed by atoms with van der Waals surface area (Å²) in [4.78, 5) is 13.9. The average Bonchev–Trinajstić information content (AvgIpc) is 2.59. The first-order valence-corrected chi connectivity index (χ1v) is 8.70. The van der Waals surface area contributed by atoms with E-state index < -0.39 is 18.6 Å². The van der Waals surface area contributed by atoms with Gasteiger partial charge in [-0.2, -0.15) is 13.2 Å². The van der Waals surface area contributed by atoms with Crippen molar-refractivity contribution in [1.82, 2.24) is 10.2 Å².